The van der Waals surface area contributed by atoms with E-state index >= 15 is 0 Å². The topological polar surface area (TPSA) is 84.2 Å². The number of aromatic nitrogens is 2. The van der Waals surface area contributed by atoms with Gasteiger partial charge in [0.25, 0.3) is 11.5 Å². The number of rotatable bonds is 4. The third-order valence-electron chi connectivity index (χ3n) is 4.17. The highest BCUT2D eigenvalue weighted by Gasteiger charge is 2.14. The molecule has 2 N–H and O–H groups in total. The summed E-state index contributed by atoms with van der Waals surface area (Å²) in [7, 11) is 0. The molecule has 9 heteroatoms. The monoisotopic (exact) mass is 421 g/mol. The highest BCUT2D eigenvalue weighted by Crippen LogP contribution is 2.25. The van der Waals surface area contributed by atoms with Crippen LogP contribution in [0.4, 0.5) is 4.39 Å². The summed E-state index contributed by atoms with van der Waals surface area (Å²) in [5, 5.41) is 9.51. The van der Waals surface area contributed by atoms with Crippen LogP contribution in [-0.4, -0.2) is 20.7 Å². The van der Waals surface area contributed by atoms with Crippen LogP contribution in [0.15, 0.2) is 41.2 Å². The van der Waals surface area contributed by atoms with E-state index in [0.29, 0.717) is 21.4 Å². The van der Waals surface area contributed by atoms with Gasteiger partial charge in [-0.15, -0.1) is 0 Å². The van der Waals surface area contributed by atoms with E-state index in [-0.39, 0.29) is 23.0 Å². The summed E-state index contributed by atoms with van der Waals surface area (Å²) in [5.41, 5.74) is 1.76. The number of nitrogens with zero attached hydrogens (tertiary/aromatic N) is 2. The molecule has 0 atom stereocenters. The van der Waals surface area contributed by atoms with Gasteiger partial charge < -0.3 is 0 Å². The Bertz CT molecular complexity index is 1160. The van der Waals surface area contributed by atoms with Crippen LogP contribution in [0, 0.1) is 12.7 Å². The smallest absolute Gasteiger partial charge is 0.267 e. The number of aryl methyl sites for hydroxylation is 1. The minimum Gasteiger partial charge on any atom is -0.292 e. The van der Waals surface area contributed by atoms with Gasteiger partial charge in [-0.05, 0) is 31.2 Å². The van der Waals surface area contributed by atoms with Gasteiger partial charge in [0.15, 0.2) is 0 Å². The van der Waals surface area contributed by atoms with Gasteiger partial charge >= 0.3 is 0 Å². The predicted molar refractivity (Wildman–Crippen MR) is 105 cm³/mol. The van der Waals surface area contributed by atoms with Gasteiger partial charge in [-0.25, -0.2) is 14.9 Å². The second-order valence-electron chi connectivity index (χ2n) is 5.95. The highest BCUT2D eigenvalue weighted by molar-refractivity contribution is 6.36. The average molecular weight is 422 g/mol. The van der Waals surface area contributed by atoms with Crippen molar-refractivity contribution in [2.75, 3.05) is 0 Å². The van der Waals surface area contributed by atoms with Crippen LogP contribution in [0.1, 0.15) is 17.0 Å². The standard InChI is InChI=1S/C19H14Cl2FN3O3/c1-10-23-17-8-16(22)11(5-6-18(26)24-28)7-12(17)19(27)25(10)9-13-14(20)3-2-4-15(13)21/h2-8,28H,9H2,1H3,(H,24,26)/b6-5+. The molecule has 0 aliphatic heterocycles. The summed E-state index contributed by atoms with van der Waals surface area (Å²) in [6, 6.07) is 7.45. The second kappa shape index (κ2) is 8.10. The molecule has 1 amide bonds. The Hall–Kier alpha value is -2.74. The molecule has 3 rings (SSSR count). The molecule has 0 unspecified atom stereocenters. The van der Waals surface area contributed by atoms with Crippen molar-refractivity contribution in [2.24, 2.45) is 0 Å². The van der Waals surface area contributed by atoms with Crippen molar-refractivity contribution in [3.63, 3.8) is 0 Å². The van der Waals surface area contributed by atoms with Crippen LogP contribution in [0.3, 0.4) is 0 Å². The third kappa shape index (κ3) is 3.91. The molecule has 0 spiro atoms. The van der Waals surface area contributed by atoms with E-state index in [0.717, 1.165) is 18.2 Å². The number of halogens is 3. The average Bonchev–Trinajstić information content (AvgIpc) is 2.65. The zero-order valence-electron chi connectivity index (χ0n) is 14.5. The van der Waals surface area contributed by atoms with Crippen molar-refractivity contribution in [3.8, 4) is 0 Å². The summed E-state index contributed by atoms with van der Waals surface area (Å²) in [6.45, 7) is 1.73. The maximum Gasteiger partial charge on any atom is 0.267 e. The molecule has 0 saturated heterocycles. The fourth-order valence-electron chi connectivity index (χ4n) is 2.73. The van der Waals surface area contributed by atoms with Crippen molar-refractivity contribution in [2.45, 2.75) is 13.5 Å². The lowest BCUT2D eigenvalue weighted by Crippen LogP contribution is -2.25. The van der Waals surface area contributed by atoms with Crippen LogP contribution < -0.4 is 11.0 Å². The molecule has 1 aromatic heterocycles. The Morgan fingerprint density at radius 1 is 1.32 bits per heavy atom. The first-order chi connectivity index (χ1) is 13.3. The third-order valence-corrected chi connectivity index (χ3v) is 4.87. The van der Waals surface area contributed by atoms with Gasteiger partial charge in [0.1, 0.15) is 11.6 Å². The molecular weight excluding hydrogens is 408 g/mol. The molecular formula is C19H14Cl2FN3O3. The lowest BCUT2D eigenvalue weighted by Gasteiger charge is -2.13. The van der Waals surface area contributed by atoms with E-state index in [1.54, 1.807) is 25.1 Å². The van der Waals surface area contributed by atoms with Crippen molar-refractivity contribution in [1.82, 2.24) is 15.0 Å². The zero-order chi connectivity index (χ0) is 20.4. The SMILES string of the molecule is Cc1nc2cc(F)c(/C=C/C(=O)NO)cc2c(=O)n1Cc1c(Cl)cccc1Cl. The Balaban J connectivity index is 2.15. The maximum atomic E-state index is 14.3. The first-order valence-electron chi connectivity index (χ1n) is 8.07. The number of nitrogens with one attached hydrogen (secondary N) is 1. The Morgan fingerprint density at radius 3 is 2.64 bits per heavy atom. The highest BCUT2D eigenvalue weighted by atomic mass is 35.5. The largest absolute Gasteiger partial charge is 0.292 e. The Labute approximate surface area is 168 Å². The second-order valence-corrected chi connectivity index (χ2v) is 6.77. The molecule has 0 saturated carbocycles. The van der Waals surface area contributed by atoms with E-state index in [4.69, 9.17) is 28.4 Å². The quantitative estimate of drug-likeness (QED) is 0.382. The number of benzene rings is 2. The first-order valence-corrected chi connectivity index (χ1v) is 8.83. The summed E-state index contributed by atoms with van der Waals surface area (Å²) in [5.74, 6) is -1.11. The molecule has 0 radical (unpaired) electrons. The molecule has 144 valence electrons. The van der Waals surface area contributed by atoms with Crippen molar-refractivity contribution in [1.29, 1.82) is 0 Å². The molecule has 0 fully saturated rings. The van der Waals surface area contributed by atoms with Crippen molar-refractivity contribution >= 4 is 46.1 Å². The van der Waals surface area contributed by atoms with Gasteiger partial charge in [0.05, 0.1) is 17.4 Å². The molecule has 0 aliphatic carbocycles. The van der Waals surface area contributed by atoms with Gasteiger partial charge in [-0.1, -0.05) is 29.3 Å². The van der Waals surface area contributed by atoms with E-state index in [2.05, 4.69) is 4.98 Å². The summed E-state index contributed by atoms with van der Waals surface area (Å²) in [6.07, 6.45) is 2.09. The number of hydroxylamine groups is 1. The summed E-state index contributed by atoms with van der Waals surface area (Å²) < 4.78 is 15.7. The minimum absolute atomic E-state index is 0.00109. The summed E-state index contributed by atoms with van der Waals surface area (Å²) >= 11 is 12.4. The normalized spacial score (nSPS) is 11.3. The number of carbonyl (C=O) groups is 1. The van der Waals surface area contributed by atoms with E-state index in [1.165, 1.54) is 16.1 Å². The van der Waals surface area contributed by atoms with Crippen LogP contribution in [0.5, 0.6) is 0 Å². The molecule has 1 heterocycles. The number of hydrogen-bond donors (Lipinski definition) is 2. The number of fused-ring (bicyclic) bond motifs is 1. The summed E-state index contributed by atoms with van der Waals surface area (Å²) in [4.78, 5) is 28.4. The fourth-order valence-corrected chi connectivity index (χ4v) is 3.25. The molecule has 2 aromatic carbocycles. The van der Waals surface area contributed by atoms with E-state index in [1.807, 2.05) is 0 Å². The van der Waals surface area contributed by atoms with E-state index in [9.17, 15) is 14.0 Å². The minimum atomic E-state index is -0.827. The van der Waals surface area contributed by atoms with Crippen LogP contribution in [0.2, 0.25) is 10.0 Å². The van der Waals surface area contributed by atoms with Crippen LogP contribution in [0.25, 0.3) is 17.0 Å². The van der Waals surface area contributed by atoms with Gasteiger partial charge in [0.2, 0.25) is 0 Å². The lowest BCUT2D eigenvalue weighted by atomic mass is 10.1. The lowest BCUT2D eigenvalue weighted by molar-refractivity contribution is -0.124. The molecule has 3 aromatic rings. The molecule has 0 bridgehead atoms. The number of amides is 1. The Kier molecular flexibility index (Phi) is 5.79. The Morgan fingerprint density at radius 2 is 2.00 bits per heavy atom. The molecule has 6 nitrogen and oxygen atoms in total. The van der Waals surface area contributed by atoms with Crippen molar-refractivity contribution in [3.05, 3.63) is 79.6 Å². The first kappa shape index (κ1) is 20.0. The molecule has 28 heavy (non-hydrogen) atoms. The molecule has 0 aliphatic rings. The number of hydrogen-bond acceptors (Lipinski definition) is 4. The zero-order valence-corrected chi connectivity index (χ0v) is 16.1. The maximum absolute atomic E-state index is 14.3. The van der Waals surface area contributed by atoms with E-state index < -0.39 is 17.3 Å². The number of carbonyl (C=O) groups excluding carboxylic acids is 1. The van der Waals surface area contributed by atoms with Gasteiger partial charge in [-0.3, -0.25) is 19.4 Å². The van der Waals surface area contributed by atoms with Crippen LogP contribution in [-0.2, 0) is 11.3 Å². The van der Waals surface area contributed by atoms with Crippen LogP contribution >= 0.6 is 23.2 Å². The van der Waals surface area contributed by atoms with Gasteiger partial charge in [-0.2, -0.15) is 0 Å². The van der Waals surface area contributed by atoms with Crippen molar-refractivity contribution < 1.29 is 14.4 Å². The fraction of sp³-hybridized carbons (Fsp3) is 0.105. The predicted octanol–water partition coefficient (Wildman–Crippen LogP) is 3.72. The van der Waals surface area contributed by atoms with Gasteiger partial charge in [0, 0.05) is 33.3 Å².